The molecule has 1 nitrogen and oxygen atoms in total. The molecule has 0 atom stereocenters. The van der Waals surface area contributed by atoms with Crippen molar-refractivity contribution in [1.82, 2.24) is 0 Å². The molecule has 0 saturated carbocycles. The number of ether oxygens (including phenoxy) is 1. The van der Waals surface area contributed by atoms with Crippen molar-refractivity contribution in [3.63, 3.8) is 0 Å². The molecule has 1 heterocycles. The van der Waals surface area contributed by atoms with Gasteiger partial charge in [-0.25, -0.2) is 0 Å². The van der Waals surface area contributed by atoms with Gasteiger partial charge in [-0.05, 0) is 28.8 Å². The van der Waals surface area contributed by atoms with Gasteiger partial charge in [-0.1, -0.05) is 97.0 Å². The van der Waals surface area contributed by atoms with Crippen LogP contribution in [-0.4, -0.2) is 8.07 Å². The second kappa shape index (κ2) is 6.89. The zero-order chi connectivity index (χ0) is 17.1. The molecule has 3 aromatic rings. The van der Waals surface area contributed by atoms with Crippen LogP contribution in [0.3, 0.4) is 0 Å². The molecule has 126 valence electrons. The van der Waals surface area contributed by atoms with E-state index in [1.54, 1.807) is 5.19 Å². The predicted octanol–water partition coefficient (Wildman–Crippen LogP) is 5.62. The van der Waals surface area contributed by atoms with Crippen LogP contribution in [0, 0.1) is 0 Å². The molecule has 0 spiro atoms. The average molecular weight is 345 g/mol. The SMILES string of the molecule is C[Si]1(c2ccc(COc3ccc(-c4ccccc4)cc3)cc2)CCC1. The van der Waals surface area contributed by atoms with Gasteiger partial charge in [0, 0.05) is 0 Å². The lowest BCUT2D eigenvalue weighted by Crippen LogP contribution is -2.50. The van der Waals surface area contributed by atoms with E-state index in [0.29, 0.717) is 6.61 Å². The Balaban J connectivity index is 1.38. The standard InChI is InChI=1S/C23H24OSi/c1-25(16-5-17-25)23-14-8-19(9-15-23)18-24-22-12-10-21(11-13-22)20-6-3-2-4-7-20/h2-4,6-15H,5,16-18H2,1H3. The van der Waals surface area contributed by atoms with E-state index in [1.807, 2.05) is 6.07 Å². The molecule has 25 heavy (non-hydrogen) atoms. The molecule has 1 fully saturated rings. The summed E-state index contributed by atoms with van der Waals surface area (Å²) in [5, 5.41) is 1.61. The second-order valence-electron chi connectivity index (χ2n) is 7.29. The highest BCUT2D eigenvalue weighted by Gasteiger charge is 2.35. The molecule has 1 aliphatic rings. The summed E-state index contributed by atoms with van der Waals surface area (Å²) in [4.78, 5) is 0. The molecule has 1 aliphatic heterocycles. The van der Waals surface area contributed by atoms with Crippen LogP contribution in [0.25, 0.3) is 11.1 Å². The fourth-order valence-electron chi connectivity index (χ4n) is 3.54. The summed E-state index contributed by atoms with van der Waals surface area (Å²) < 4.78 is 5.96. The van der Waals surface area contributed by atoms with Gasteiger partial charge in [-0.3, -0.25) is 0 Å². The normalized spacial score (nSPS) is 15.4. The zero-order valence-electron chi connectivity index (χ0n) is 14.7. The maximum absolute atomic E-state index is 5.96. The Bertz CT molecular complexity index is 818. The molecule has 4 rings (SSSR count). The lowest BCUT2D eigenvalue weighted by atomic mass is 10.1. The minimum atomic E-state index is -1.06. The number of benzene rings is 3. The Morgan fingerprint density at radius 1 is 0.760 bits per heavy atom. The number of rotatable bonds is 5. The van der Waals surface area contributed by atoms with Gasteiger partial charge in [0.1, 0.15) is 12.4 Å². The fourth-order valence-corrected chi connectivity index (χ4v) is 6.50. The summed E-state index contributed by atoms with van der Waals surface area (Å²) in [6.07, 6.45) is 1.42. The van der Waals surface area contributed by atoms with Crippen LogP contribution in [0.2, 0.25) is 18.6 Å². The molecular weight excluding hydrogens is 320 g/mol. The summed E-state index contributed by atoms with van der Waals surface area (Å²) in [7, 11) is -1.06. The van der Waals surface area contributed by atoms with E-state index in [1.165, 1.54) is 35.2 Å². The smallest absolute Gasteiger partial charge is 0.119 e. The first-order valence-corrected chi connectivity index (χ1v) is 12.0. The maximum atomic E-state index is 5.96. The van der Waals surface area contributed by atoms with E-state index in [2.05, 4.69) is 79.3 Å². The summed E-state index contributed by atoms with van der Waals surface area (Å²) in [5.74, 6) is 0.920. The minimum Gasteiger partial charge on any atom is -0.489 e. The largest absolute Gasteiger partial charge is 0.489 e. The van der Waals surface area contributed by atoms with Gasteiger partial charge in [0.25, 0.3) is 0 Å². The van der Waals surface area contributed by atoms with Gasteiger partial charge < -0.3 is 4.74 Å². The van der Waals surface area contributed by atoms with Crippen molar-refractivity contribution in [3.05, 3.63) is 84.4 Å². The zero-order valence-corrected chi connectivity index (χ0v) is 15.7. The molecule has 0 aromatic heterocycles. The average Bonchev–Trinajstić information content (AvgIpc) is 2.66. The van der Waals surface area contributed by atoms with Crippen molar-refractivity contribution in [1.29, 1.82) is 0 Å². The molecule has 0 unspecified atom stereocenters. The third-order valence-electron chi connectivity index (χ3n) is 5.47. The Kier molecular flexibility index (Phi) is 4.45. The Hall–Kier alpha value is -2.32. The van der Waals surface area contributed by atoms with E-state index in [9.17, 15) is 0 Å². The minimum absolute atomic E-state index is 0.628. The van der Waals surface area contributed by atoms with Gasteiger partial charge in [0.2, 0.25) is 0 Å². The van der Waals surface area contributed by atoms with Crippen molar-refractivity contribution in [3.8, 4) is 16.9 Å². The lowest BCUT2D eigenvalue weighted by molar-refractivity contribution is 0.306. The van der Waals surface area contributed by atoms with Crippen LogP contribution >= 0.6 is 0 Å². The highest BCUT2D eigenvalue weighted by Crippen LogP contribution is 2.31. The quantitative estimate of drug-likeness (QED) is 0.546. The monoisotopic (exact) mass is 344 g/mol. The van der Waals surface area contributed by atoms with Crippen molar-refractivity contribution in [2.75, 3.05) is 0 Å². The van der Waals surface area contributed by atoms with Gasteiger partial charge >= 0.3 is 0 Å². The van der Waals surface area contributed by atoms with Crippen molar-refractivity contribution in [2.24, 2.45) is 0 Å². The molecule has 0 radical (unpaired) electrons. The van der Waals surface area contributed by atoms with Crippen molar-refractivity contribution < 1.29 is 4.74 Å². The molecule has 0 amide bonds. The molecular formula is C23H24OSi. The number of hydrogen-bond donors (Lipinski definition) is 0. The molecule has 0 N–H and O–H groups in total. The highest BCUT2D eigenvalue weighted by atomic mass is 28.3. The Labute approximate surface area is 151 Å². The highest BCUT2D eigenvalue weighted by molar-refractivity contribution is 6.92. The van der Waals surface area contributed by atoms with Crippen LogP contribution in [-0.2, 0) is 6.61 Å². The van der Waals surface area contributed by atoms with Crippen LogP contribution in [0.15, 0.2) is 78.9 Å². The first-order valence-electron chi connectivity index (χ1n) is 9.11. The topological polar surface area (TPSA) is 9.23 Å². The lowest BCUT2D eigenvalue weighted by Gasteiger charge is -2.36. The summed E-state index contributed by atoms with van der Waals surface area (Å²) in [6.45, 7) is 3.14. The molecule has 0 bridgehead atoms. The van der Waals surface area contributed by atoms with Crippen LogP contribution in [0.4, 0.5) is 0 Å². The summed E-state index contributed by atoms with van der Waals surface area (Å²) >= 11 is 0. The third-order valence-corrected chi connectivity index (χ3v) is 10.1. The fraction of sp³-hybridized carbons (Fsp3) is 0.217. The first-order chi connectivity index (χ1) is 12.2. The number of hydrogen-bond acceptors (Lipinski definition) is 1. The van der Waals surface area contributed by atoms with Crippen molar-refractivity contribution in [2.45, 2.75) is 31.7 Å². The molecule has 2 heteroatoms. The van der Waals surface area contributed by atoms with Crippen molar-refractivity contribution >= 4 is 13.3 Å². The van der Waals surface area contributed by atoms with E-state index in [0.717, 1.165) is 5.75 Å². The van der Waals surface area contributed by atoms with Gasteiger partial charge in [0.15, 0.2) is 0 Å². The van der Waals surface area contributed by atoms with Gasteiger partial charge in [-0.15, -0.1) is 0 Å². The predicted molar refractivity (Wildman–Crippen MR) is 108 cm³/mol. The maximum Gasteiger partial charge on any atom is 0.119 e. The second-order valence-corrected chi connectivity index (χ2v) is 12.0. The summed E-state index contributed by atoms with van der Waals surface area (Å²) in [5.41, 5.74) is 3.70. The van der Waals surface area contributed by atoms with Crippen LogP contribution in [0.1, 0.15) is 12.0 Å². The van der Waals surface area contributed by atoms with E-state index in [4.69, 9.17) is 4.74 Å². The Morgan fingerprint density at radius 2 is 1.40 bits per heavy atom. The summed E-state index contributed by atoms with van der Waals surface area (Å²) in [6, 6.07) is 30.8. The third kappa shape index (κ3) is 3.54. The van der Waals surface area contributed by atoms with Gasteiger partial charge in [-0.2, -0.15) is 0 Å². The molecule has 3 aromatic carbocycles. The van der Waals surface area contributed by atoms with E-state index >= 15 is 0 Å². The van der Waals surface area contributed by atoms with E-state index in [-0.39, 0.29) is 0 Å². The molecule has 1 saturated heterocycles. The molecule has 0 aliphatic carbocycles. The Morgan fingerprint density at radius 3 is 2.00 bits per heavy atom. The van der Waals surface area contributed by atoms with Crippen LogP contribution in [0.5, 0.6) is 5.75 Å². The van der Waals surface area contributed by atoms with E-state index < -0.39 is 8.07 Å². The van der Waals surface area contributed by atoms with Crippen LogP contribution < -0.4 is 9.92 Å². The van der Waals surface area contributed by atoms with Gasteiger partial charge in [0.05, 0.1) is 8.07 Å². The first kappa shape index (κ1) is 16.2.